The number of phosphoric acid groups is 1. The van der Waals surface area contributed by atoms with Gasteiger partial charge in [-0.05, 0) is 38.0 Å². The molecule has 0 radical (unpaired) electrons. The van der Waals surface area contributed by atoms with Crippen LogP contribution in [0, 0.1) is 17.8 Å². The van der Waals surface area contributed by atoms with Crippen LogP contribution in [0.1, 0.15) is 162 Å². The molecule has 0 amide bonds. The van der Waals surface area contributed by atoms with Crippen LogP contribution in [0.2, 0.25) is 0 Å². The Labute approximate surface area is 313 Å². The Morgan fingerprint density at radius 1 is 0.827 bits per heavy atom. The van der Waals surface area contributed by atoms with Crippen LogP contribution >= 0.6 is 7.82 Å². The Bertz CT molecular complexity index is 1070. The molecule has 0 heterocycles. The minimum atomic E-state index is -4.83. The molecule has 0 unspecified atom stereocenters. The normalized spacial score (nSPS) is 19.2. The van der Waals surface area contributed by atoms with Gasteiger partial charge in [-0.15, -0.1) is 0 Å². The summed E-state index contributed by atoms with van der Waals surface area (Å²) in [5.74, 6) is -1.03. The molecule has 0 aromatic heterocycles. The highest BCUT2D eigenvalue weighted by Gasteiger charge is 2.39. The summed E-state index contributed by atoms with van der Waals surface area (Å²) < 4.78 is 26.3. The van der Waals surface area contributed by atoms with E-state index in [0.29, 0.717) is 32.1 Å². The second-order valence-electron chi connectivity index (χ2n) is 14.9. The highest BCUT2D eigenvalue weighted by atomic mass is 31.2. The molecule has 302 valence electrons. The lowest BCUT2D eigenvalue weighted by Gasteiger charge is -2.18. The Morgan fingerprint density at radius 2 is 1.42 bits per heavy atom. The van der Waals surface area contributed by atoms with Crippen molar-refractivity contribution < 1.29 is 52.9 Å². The first-order valence-corrected chi connectivity index (χ1v) is 21.6. The number of hydrogen-bond donors (Lipinski definition) is 4. The summed E-state index contributed by atoms with van der Waals surface area (Å²) in [6.45, 7) is 5.66. The summed E-state index contributed by atoms with van der Waals surface area (Å²) in [5.41, 5.74) is 0. The van der Waals surface area contributed by atoms with Gasteiger partial charge in [-0.3, -0.25) is 18.9 Å². The summed E-state index contributed by atoms with van der Waals surface area (Å²) in [6, 6.07) is 0. The van der Waals surface area contributed by atoms with Crippen molar-refractivity contribution in [1.82, 2.24) is 0 Å². The van der Waals surface area contributed by atoms with Gasteiger partial charge in [-0.2, -0.15) is 0 Å². The largest absolute Gasteiger partial charge is 0.469 e. The van der Waals surface area contributed by atoms with Crippen LogP contribution in [0.3, 0.4) is 0 Å². The first-order chi connectivity index (χ1) is 24.8. The lowest BCUT2D eigenvalue weighted by atomic mass is 9.90. The van der Waals surface area contributed by atoms with Gasteiger partial charge in [0.25, 0.3) is 0 Å². The predicted octanol–water partition coefficient (Wildman–Crippen LogP) is 8.46. The minimum absolute atomic E-state index is 0.0146. The van der Waals surface area contributed by atoms with E-state index in [0.717, 1.165) is 44.4 Å². The number of carbonyl (C=O) groups excluding carboxylic acids is 3. The topological polar surface area (TPSA) is 177 Å². The van der Waals surface area contributed by atoms with Crippen LogP contribution in [0.15, 0.2) is 24.3 Å². The van der Waals surface area contributed by atoms with Crippen LogP contribution in [-0.2, 0) is 32.9 Å². The molecule has 1 aliphatic carbocycles. The van der Waals surface area contributed by atoms with Crippen LogP contribution in [0.5, 0.6) is 0 Å². The predicted molar refractivity (Wildman–Crippen MR) is 203 cm³/mol. The first-order valence-electron chi connectivity index (χ1n) is 20.1. The maximum absolute atomic E-state index is 12.5. The van der Waals surface area contributed by atoms with Gasteiger partial charge in [0.15, 0.2) is 6.10 Å². The molecule has 52 heavy (non-hydrogen) atoms. The third kappa shape index (κ3) is 26.0. The molecule has 5 atom stereocenters. The molecule has 0 saturated heterocycles. The summed E-state index contributed by atoms with van der Waals surface area (Å²) in [7, 11) is -4.83. The molecule has 0 bridgehead atoms. The highest BCUT2D eigenvalue weighted by Crippen LogP contribution is 2.36. The fourth-order valence-corrected chi connectivity index (χ4v) is 6.78. The van der Waals surface area contributed by atoms with Crippen molar-refractivity contribution in [2.24, 2.45) is 17.8 Å². The Morgan fingerprint density at radius 3 is 2.04 bits per heavy atom. The molecule has 0 aromatic carbocycles. The third-order valence-electron chi connectivity index (χ3n) is 9.52. The number of allylic oxidation sites excluding steroid dienone is 2. The first kappa shape index (κ1) is 48.1. The molecule has 0 aliphatic heterocycles. The maximum atomic E-state index is 12.5. The number of ether oxygens (including phenoxy) is 2. The van der Waals surface area contributed by atoms with E-state index < -0.39 is 44.7 Å². The van der Waals surface area contributed by atoms with Crippen molar-refractivity contribution >= 4 is 25.5 Å². The third-order valence-corrected chi connectivity index (χ3v) is 10.0. The monoisotopic (exact) mass is 758 g/mol. The molecule has 12 heteroatoms. The van der Waals surface area contributed by atoms with E-state index in [-0.39, 0.29) is 43.5 Å². The summed E-state index contributed by atoms with van der Waals surface area (Å²) in [4.78, 5) is 55.5. The van der Waals surface area contributed by atoms with E-state index in [9.17, 15) is 29.2 Å². The van der Waals surface area contributed by atoms with E-state index >= 15 is 0 Å². The van der Waals surface area contributed by atoms with E-state index in [4.69, 9.17) is 19.3 Å². The van der Waals surface area contributed by atoms with Crippen LogP contribution in [-0.4, -0.2) is 69.2 Å². The zero-order valence-electron chi connectivity index (χ0n) is 32.3. The fourth-order valence-electron chi connectivity index (χ4n) is 6.42. The number of aliphatic hydroxyl groups excluding tert-OH is 2. The van der Waals surface area contributed by atoms with Crippen molar-refractivity contribution in [3.05, 3.63) is 24.3 Å². The van der Waals surface area contributed by atoms with Crippen LogP contribution in [0.25, 0.3) is 0 Å². The quantitative estimate of drug-likeness (QED) is 0.0224. The van der Waals surface area contributed by atoms with Gasteiger partial charge in [0.2, 0.25) is 0 Å². The van der Waals surface area contributed by atoms with Gasteiger partial charge in [-0.25, -0.2) is 4.57 Å². The van der Waals surface area contributed by atoms with E-state index in [2.05, 4.69) is 25.3 Å². The SMILES string of the molecule is CCCCC[C@H](O)/C=C/[C@H]1[C@H](O)CC(=O)[C@@H]1C/C=C\CCCC(=O)O[C@H](COC(=O)CCCCCCCCCCCCCC(C)C)COP(=O)(O)O. The fraction of sp³-hybridized carbons (Fsp3) is 0.825. The smallest absolute Gasteiger partial charge is 0.462 e. The molecule has 1 saturated carbocycles. The minimum Gasteiger partial charge on any atom is -0.462 e. The summed E-state index contributed by atoms with van der Waals surface area (Å²) in [6.07, 6.45) is 24.2. The lowest BCUT2D eigenvalue weighted by Crippen LogP contribution is -2.29. The Balaban J connectivity index is 2.32. The van der Waals surface area contributed by atoms with Crippen LogP contribution in [0.4, 0.5) is 0 Å². The van der Waals surface area contributed by atoms with Crippen LogP contribution < -0.4 is 0 Å². The van der Waals surface area contributed by atoms with E-state index in [1.165, 1.54) is 51.4 Å². The molecule has 4 N–H and O–H groups in total. The van der Waals surface area contributed by atoms with Gasteiger partial charge in [-0.1, -0.05) is 135 Å². The number of esters is 2. The second kappa shape index (κ2) is 29.5. The number of aliphatic hydroxyl groups is 2. The molecular formula is C40H71O11P. The van der Waals surface area contributed by atoms with Crippen molar-refractivity contribution in [2.75, 3.05) is 13.2 Å². The summed E-state index contributed by atoms with van der Waals surface area (Å²) in [5, 5.41) is 20.6. The number of carbonyl (C=O) groups is 3. The molecule has 11 nitrogen and oxygen atoms in total. The van der Waals surface area contributed by atoms with Gasteiger partial charge in [0.05, 0.1) is 18.8 Å². The number of rotatable bonds is 32. The van der Waals surface area contributed by atoms with Gasteiger partial charge < -0.3 is 29.5 Å². The summed E-state index contributed by atoms with van der Waals surface area (Å²) >= 11 is 0. The molecular weight excluding hydrogens is 687 g/mol. The molecule has 1 aliphatic rings. The average Bonchev–Trinajstić information content (AvgIpc) is 3.35. The highest BCUT2D eigenvalue weighted by molar-refractivity contribution is 7.46. The standard InChI is InChI=1S/C40H71O11P/c1-4-5-17-23-33(41)27-28-36-35(37(42)29-38(36)43)24-19-15-16-21-26-40(45)51-34(31-50-52(46,47)48)30-49-39(44)25-20-14-12-10-8-6-7-9-11-13-18-22-32(2)3/h15,19,27-28,32-36,38,41,43H,4-14,16-18,20-26,29-31H2,1-3H3,(H2,46,47,48)/b19-15-,28-27+/t33-,34+,35+,36+,38+/m0/s1. The van der Waals surface area contributed by atoms with Crippen molar-refractivity contribution in [3.63, 3.8) is 0 Å². The number of Topliss-reactive ketones (excluding diaryl/α,β-unsaturated/α-hetero) is 1. The molecule has 0 spiro atoms. The van der Waals surface area contributed by atoms with Gasteiger partial charge in [0.1, 0.15) is 12.4 Å². The lowest BCUT2D eigenvalue weighted by molar-refractivity contribution is -0.161. The van der Waals surface area contributed by atoms with Gasteiger partial charge >= 0.3 is 19.8 Å². The number of ketones is 1. The van der Waals surface area contributed by atoms with Crippen molar-refractivity contribution in [2.45, 2.75) is 180 Å². The number of phosphoric ester groups is 1. The van der Waals surface area contributed by atoms with E-state index in [1.807, 2.05) is 12.2 Å². The van der Waals surface area contributed by atoms with Crippen molar-refractivity contribution in [1.29, 1.82) is 0 Å². The van der Waals surface area contributed by atoms with Crippen molar-refractivity contribution in [3.8, 4) is 0 Å². The molecule has 0 aromatic rings. The second-order valence-corrected chi connectivity index (χ2v) is 16.1. The number of hydrogen-bond acceptors (Lipinski definition) is 9. The Hall–Kier alpha value is -1.88. The zero-order chi connectivity index (χ0) is 38.6. The number of unbranched alkanes of at least 4 members (excludes halogenated alkanes) is 13. The van der Waals surface area contributed by atoms with Gasteiger partial charge in [0, 0.05) is 31.1 Å². The molecule has 1 rings (SSSR count). The average molecular weight is 759 g/mol. The maximum Gasteiger partial charge on any atom is 0.469 e. The van der Waals surface area contributed by atoms with E-state index in [1.54, 1.807) is 12.2 Å². The molecule has 1 fully saturated rings. The Kier molecular flexibility index (Phi) is 27.3. The zero-order valence-corrected chi connectivity index (χ0v) is 33.2.